The molecular formula is C21H21NO7. The lowest BCUT2D eigenvalue weighted by molar-refractivity contribution is -0.0151. The van der Waals surface area contributed by atoms with Gasteiger partial charge < -0.3 is 24.6 Å². The number of amides is 1. The zero-order valence-corrected chi connectivity index (χ0v) is 15.8. The quantitative estimate of drug-likeness (QED) is 0.564. The number of morpholine rings is 1. The molecule has 0 aromatic heterocycles. The normalized spacial score (nSPS) is 16.3. The maximum absolute atomic E-state index is 13.0. The number of hydrogen-bond donors (Lipinski definition) is 2. The number of carbonyl (C=O) groups is 3. The number of ether oxygens (including phenoxy) is 2. The second-order valence-corrected chi connectivity index (χ2v) is 6.60. The van der Waals surface area contributed by atoms with Gasteiger partial charge in [0.1, 0.15) is 29.4 Å². The van der Waals surface area contributed by atoms with Gasteiger partial charge in [-0.25, -0.2) is 0 Å². The number of rotatable bonds is 6. The van der Waals surface area contributed by atoms with Crippen molar-refractivity contribution in [3.05, 3.63) is 53.1 Å². The average molecular weight is 399 g/mol. The van der Waals surface area contributed by atoms with Crippen LogP contribution < -0.4 is 4.74 Å². The summed E-state index contributed by atoms with van der Waals surface area (Å²) in [5.74, 6) is -1.01. The van der Waals surface area contributed by atoms with Crippen molar-refractivity contribution in [1.29, 1.82) is 0 Å². The number of carbonyl (C=O) groups excluding carboxylic acids is 3. The molecule has 2 N–H and O–H groups in total. The Bertz CT molecular complexity index is 941. The number of phenols is 2. The predicted octanol–water partition coefficient (Wildman–Crippen LogP) is 2.03. The van der Waals surface area contributed by atoms with Gasteiger partial charge in [-0.15, -0.1) is 0 Å². The third-order valence-corrected chi connectivity index (χ3v) is 4.71. The van der Waals surface area contributed by atoms with E-state index in [0.29, 0.717) is 12.9 Å². The van der Waals surface area contributed by atoms with Crippen molar-refractivity contribution in [2.75, 3.05) is 26.4 Å². The summed E-state index contributed by atoms with van der Waals surface area (Å²) in [5.41, 5.74) is 0.0857. The Labute approximate surface area is 167 Å². The van der Waals surface area contributed by atoms with Gasteiger partial charge in [0.25, 0.3) is 5.91 Å². The van der Waals surface area contributed by atoms with E-state index in [0.717, 1.165) is 0 Å². The van der Waals surface area contributed by atoms with Crippen LogP contribution in [0.25, 0.3) is 0 Å². The Morgan fingerprint density at radius 2 is 1.93 bits per heavy atom. The first-order valence-electron chi connectivity index (χ1n) is 9.05. The maximum atomic E-state index is 13.0. The van der Waals surface area contributed by atoms with E-state index in [1.807, 2.05) is 0 Å². The second kappa shape index (κ2) is 8.74. The van der Waals surface area contributed by atoms with Gasteiger partial charge in [0.15, 0.2) is 12.1 Å². The van der Waals surface area contributed by atoms with Crippen LogP contribution in [0, 0.1) is 0 Å². The highest BCUT2D eigenvalue weighted by atomic mass is 16.5. The van der Waals surface area contributed by atoms with Gasteiger partial charge in [0, 0.05) is 6.54 Å². The van der Waals surface area contributed by atoms with Crippen molar-refractivity contribution in [1.82, 2.24) is 4.90 Å². The molecule has 1 fully saturated rings. The molecule has 2 aromatic carbocycles. The summed E-state index contributed by atoms with van der Waals surface area (Å²) in [4.78, 5) is 37.7. The molecule has 29 heavy (non-hydrogen) atoms. The number of hydrogen-bond acceptors (Lipinski definition) is 7. The van der Waals surface area contributed by atoms with Crippen LogP contribution in [0.1, 0.15) is 38.0 Å². The predicted molar refractivity (Wildman–Crippen MR) is 103 cm³/mol. The minimum atomic E-state index is -0.486. The monoisotopic (exact) mass is 399 g/mol. The van der Waals surface area contributed by atoms with Gasteiger partial charge >= 0.3 is 0 Å². The van der Waals surface area contributed by atoms with E-state index in [9.17, 15) is 24.6 Å². The molecule has 1 amide bonds. The minimum absolute atomic E-state index is 0.0186. The first-order valence-corrected chi connectivity index (χ1v) is 9.05. The smallest absolute Gasteiger partial charge is 0.255 e. The van der Waals surface area contributed by atoms with Crippen LogP contribution in [0.2, 0.25) is 0 Å². The van der Waals surface area contributed by atoms with Gasteiger partial charge in [-0.2, -0.15) is 0 Å². The summed E-state index contributed by atoms with van der Waals surface area (Å²) in [6.45, 7) is 2.15. The number of aldehydes is 1. The molecule has 0 aliphatic carbocycles. The molecule has 3 rings (SSSR count). The summed E-state index contributed by atoms with van der Waals surface area (Å²) in [6, 6.07) is 8.33. The van der Waals surface area contributed by atoms with Crippen LogP contribution >= 0.6 is 0 Å². The molecule has 1 atom stereocenters. The molecule has 1 aliphatic heterocycles. The van der Waals surface area contributed by atoms with E-state index >= 15 is 0 Å². The Morgan fingerprint density at radius 3 is 2.66 bits per heavy atom. The fourth-order valence-corrected chi connectivity index (χ4v) is 3.26. The fourth-order valence-electron chi connectivity index (χ4n) is 3.26. The molecule has 1 heterocycles. The van der Waals surface area contributed by atoms with Crippen molar-refractivity contribution in [3.8, 4) is 17.2 Å². The molecule has 0 saturated carbocycles. The SMILES string of the molecule is CC(=O)c1c(O)cccc1OC[C@@H]1COCCN1C(=O)c1cccc(O)c1C=O. The van der Waals surface area contributed by atoms with E-state index in [1.165, 1.54) is 36.1 Å². The summed E-state index contributed by atoms with van der Waals surface area (Å²) in [6.07, 6.45) is 0.445. The number of nitrogens with zero attached hydrogens (tertiary/aromatic N) is 1. The van der Waals surface area contributed by atoms with Crippen LogP contribution in [0.15, 0.2) is 36.4 Å². The van der Waals surface area contributed by atoms with Crippen LogP contribution in [0.5, 0.6) is 17.2 Å². The van der Waals surface area contributed by atoms with E-state index in [1.54, 1.807) is 12.1 Å². The molecular weight excluding hydrogens is 378 g/mol. The lowest BCUT2D eigenvalue weighted by Gasteiger charge is -2.35. The molecule has 1 aliphatic rings. The highest BCUT2D eigenvalue weighted by Gasteiger charge is 2.31. The third-order valence-electron chi connectivity index (χ3n) is 4.71. The van der Waals surface area contributed by atoms with Crippen molar-refractivity contribution >= 4 is 18.0 Å². The van der Waals surface area contributed by atoms with Crippen molar-refractivity contribution < 1.29 is 34.1 Å². The zero-order chi connectivity index (χ0) is 21.0. The average Bonchev–Trinajstić information content (AvgIpc) is 2.71. The van der Waals surface area contributed by atoms with Crippen molar-refractivity contribution in [2.45, 2.75) is 13.0 Å². The largest absolute Gasteiger partial charge is 0.507 e. The number of phenolic OH excluding ortho intramolecular Hbond substituents is 2. The number of Topliss-reactive ketones (excluding diaryl/α,β-unsaturated/α-hetero) is 1. The second-order valence-electron chi connectivity index (χ2n) is 6.60. The molecule has 1 saturated heterocycles. The summed E-state index contributed by atoms with van der Waals surface area (Å²) < 4.78 is 11.2. The first kappa shape index (κ1) is 20.3. The first-order chi connectivity index (χ1) is 13.9. The van der Waals surface area contributed by atoms with Gasteiger partial charge in [-0.05, 0) is 31.2 Å². The molecule has 8 heteroatoms. The van der Waals surface area contributed by atoms with E-state index in [-0.39, 0.29) is 59.5 Å². The van der Waals surface area contributed by atoms with Crippen LogP contribution in [-0.2, 0) is 4.74 Å². The van der Waals surface area contributed by atoms with Crippen molar-refractivity contribution in [2.24, 2.45) is 0 Å². The lowest BCUT2D eigenvalue weighted by Crippen LogP contribution is -2.51. The van der Waals surface area contributed by atoms with Crippen molar-refractivity contribution in [3.63, 3.8) is 0 Å². The van der Waals surface area contributed by atoms with Gasteiger partial charge in [0.05, 0.1) is 30.4 Å². The van der Waals surface area contributed by atoms with Gasteiger partial charge in [-0.3, -0.25) is 14.4 Å². The molecule has 152 valence electrons. The summed E-state index contributed by atoms with van der Waals surface area (Å²) in [5, 5.41) is 19.8. The molecule has 0 spiro atoms. The Hall–Kier alpha value is -3.39. The fraction of sp³-hybridized carbons (Fsp3) is 0.286. The third kappa shape index (κ3) is 4.22. The molecule has 8 nitrogen and oxygen atoms in total. The number of ketones is 1. The summed E-state index contributed by atoms with van der Waals surface area (Å²) >= 11 is 0. The number of aromatic hydroxyl groups is 2. The van der Waals surface area contributed by atoms with E-state index in [4.69, 9.17) is 9.47 Å². The zero-order valence-electron chi connectivity index (χ0n) is 15.8. The minimum Gasteiger partial charge on any atom is -0.507 e. The Kier molecular flexibility index (Phi) is 6.13. The molecule has 0 radical (unpaired) electrons. The number of benzene rings is 2. The van der Waals surface area contributed by atoms with E-state index < -0.39 is 11.9 Å². The van der Waals surface area contributed by atoms with Crippen LogP contribution in [-0.4, -0.2) is 65.5 Å². The maximum Gasteiger partial charge on any atom is 0.255 e. The van der Waals surface area contributed by atoms with Crippen LogP contribution in [0.3, 0.4) is 0 Å². The summed E-state index contributed by atoms with van der Waals surface area (Å²) in [7, 11) is 0. The Morgan fingerprint density at radius 1 is 1.21 bits per heavy atom. The van der Waals surface area contributed by atoms with Crippen LogP contribution in [0.4, 0.5) is 0 Å². The highest BCUT2D eigenvalue weighted by molar-refractivity contribution is 6.03. The molecule has 2 aromatic rings. The lowest BCUT2D eigenvalue weighted by atomic mass is 10.0. The topological polar surface area (TPSA) is 113 Å². The van der Waals surface area contributed by atoms with Gasteiger partial charge in [0.2, 0.25) is 0 Å². The Balaban J connectivity index is 1.82. The standard InChI is InChI=1S/C21H21NO7/c1-13(24)20-18(26)6-3-7-19(20)29-12-14-11-28-9-8-22(14)21(27)15-4-2-5-17(25)16(15)10-23/h2-7,10,14,25-26H,8-9,11-12H2,1H3/t14-/m0/s1. The molecule has 0 unspecified atom stereocenters. The van der Waals surface area contributed by atoms with E-state index in [2.05, 4.69) is 0 Å². The molecule has 0 bridgehead atoms. The highest BCUT2D eigenvalue weighted by Crippen LogP contribution is 2.28. The van der Waals surface area contributed by atoms with Gasteiger partial charge in [-0.1, -0.05) is 12.1 Å².